The lowest BCUT2D eigenvalue weighted by atomic mass is 10.0. The van der Waals surface area contributed by atoms with Crippen LogP contribution in [0.15, 0.2) is 109 Å². The molecule has 0 fully saturated rings. The number of ether oxygens (including phenoxy) is 2. The first-order chi connectivity index (χ1) is 28.7. The Hall–Kier alpha value is -6.63. The van der Waals surface area contributed by atoms with E-state index in [1.165, 1.54) is 55.6 Å². The Morgan fingerprint density at radius 3 is 1.52 bits per heavy atom. The van der Waals surface area contributed by atoms with Gasteiger partial charge in [0.1, 0.15) is 17.2 Å². The summed E-state index contributed by atoms with van der Waals surface area (Å²) in [6.45, 7) is 1.85. The number of halogens is 5. The van der Waals surface area contributed by atoms with Crippen LogP contribution in [0.25, 0.3) is 0 Å². The first-order valence-electron chi connectivity index (χ1n) is 16.6. The minimum Gasteiger partial charge on any atom is -0.506 e. The lowest BCUT2D eigenvalue weighted by Gasteiger charge is -2.07. The molecule has 0 unspecified atom stereocenters. The number of aromatic nitrogens is 1. The average molecular weight is 938 g/mol. The van der Waals surface area contributed by atoms with Gasteiger partial charge in [0.15, 0.2) is 5.78 Å². The van der Waals surface area contributed by atoms with Gasteiger partial charge in [0.05, 0.1) is 66.9 Å². The molecule has 1 aromatic heterocycles. The molecule has 61 heavy (non-hydrogen) atoms. The maximum Gasteiger partial charge on any atom is 0.273 e. The Bertz CT molecular complexity index is 2440. The van der Waals surface area contributed by atoms with E-state index in [2.05, 4.69) is 4.98 Å². The fraction of sp³-hybridized carbons (Fsp3) is 0.0769. The molecule has 0 aliphatic heterocycles. The van der Waals surface area contributed by atoms with Crippen LogP contribution in [0.2, 0.25) is 25.1 Å². The molecule has 0 bridgehead atoms. The van der Waals surface area contributed by atoms with Crippen LogP contribution in [0.5, 0.6) is 17.2 Å². The second-order valence-electron chi connectivity index (χ2n) is 11.6. The first-order valence-corrected chi connectivity index (χ1v) is 18.5. The highest BCUT2D eigenvalue weighted by molar-refractivity contribution is 6.33. The second kappa shape index (κ2) is 24.5. The highest BCUT2D eigenvalue weighted by Crippen LogP contribution is 2.30. The van der Waals surface area contributed by atoms with Gasteiger partial charge in [-0.1, -0.05) is 58.0 Å². The van der Waals surface area contributed by atoms with E-state index in [4.69, 9.17) is 89.8 Å². The van der Waals surface area contributed by atoms with Crippen LogP contribution in [0.3, 0.4) is 0 Å². The van der Waals surface area contributed by atoms with Gasteiger partial charge in [0, 0.05) is 70.2 Å². The van der Waals surface area contributed by atoms with Gasteiger partial charge in [-0.2, -0.15) is 0 Å². The van der Waals surface area contributed by atoms with Crippen molar-refractivity contribution in [1.82, 2.24) is 4.98 Å². The summed E-state index contributed by atoms with van der Waals surface area (Å²) in [6.07, 6.45) is 3.14. The van der Waals surface area contributed by atoms with Crippen LogP contribution in [-0.4, -0.2) is 44.9 Å². The number of nitro benzene ring substituents is 3. The van der Waals surface area contributed by atoms with E-state index >= 15 is 0 Å². The van der Waals surface area contributed by atoms with E-state index in [1.807, 2.05) is 6.92 Å². The molecular weight excluding hydrogens is 904 g/mol. The Kier molecular flexibility index (Phi) is 20.2. The normalized spacial score (nSPS) is 9.70. The summed E-state index contributed by atoms with van der Waals surface area (Å²) in [5.41, 5.74) is 19.5. The summed E-state index contributed by atoms with van der Waals surface area (Å²) in [5.74, 6) is 0.500. The van der Waals surface area contributed by atoms with Crippen LogP contribution in [0, 0.1) is 37.3 Å². The summed E-state index contributed by atoms with van der Waals surface area (Å²) < 4.78 is 9.71. The topological polar surface area (TPSA) is 276 Å². The number of methoxy groups -OCH3 is 2. The molecule has 0 radical (unpaired) electrons. The number of rotatable bonds is 7. The van der Waals surface area contributed by atoms with Crippen molar-refractivity contribution in [1.29, 1.82) is 0 Å². The molecule has 0 saturated carbocycles. The summed E-state index contributed by atoms with van der Waals surface area (Å²) in [5, 5.41) is 41.4. The van der Waals surface area contributed by atoms with E-state index in [0.29, 0.717) is 54.1 Å². The highest BCUT2D eigenvalue weighted by atomic mass is 35.5. The van der Waals surface area contributed by atoms with Gasteiger partial charge in [0.2, 0.25) is 0 Å². The van der Waals surface area contributed by atoms with Crippen LogP contribution in [0.4, 0.5) is 34.1 Å². The lowest BCUT2D eigenvalue weighted by Crippen LogP contribution is -2.06. The quantitative estimate of drug-likeness (QED) is 0.0501. The molecule has 0 aliphatic carbocycles. The molecule has 0 saturated heterocycles. The van der Waals surface area contributed by atoms with Gasteiger partial charge >= 0.3 is 0 Å². The molecule has 1 heterocycles. The number of carbonyl (C=O) groups excluding carboxylic acids is 1. The Labute approximate surface area is 372 Å². The third-order valence-corrected chi connectivity index (χ3v) is 9.07. The number of non-ortho nitro benzene ring substituents is 3. The van der Waals surface area contributed by atoms with Crippen molar-refractivity contribution in [2.45, 2.75) is 6.92 Å². The zero-order chi connectivity index (χ0) is 46.0. The number of phenolic OH excluding ortho intramolecular Hbond substituents is 1. The van der Waals surface area contributed by atoms with E-state index in [-0.39, 0.29) is 39.3 Å². The summed E-state index contributed by atoms with van der Waals surface area (Å²) >= 11 is 28.3. The molecule has 0 atom stereocenters. The fourth-order valence-corrected chi connectivity index (χ4v) is 5.05. The molecular formula is C39H34Cl5N7O10. The number of nitrogen functional groups attached to an aromatic ring is 3. The van der Waals surface area contributed by atoms with Crippen LogP contribution >= 0.6 is 58.0 Å². The molecule has 0 aliphatic rings. The molecule has 17 nitrogen and oxygen atoms in total. The fourth-order valence-electron chi connectivity index (χ4n) is 4.26. The highest BCUT2D eigenvalue weighted by Gasteiger charge is 2.14. The molecule has 22 heteroatoms. The summed E-state index contributed by atoms with van der Waals surface area (Å²) in [4.78, 5) is 45.0. The third-order valence-electron chi connectivity index (χ3n) is 7.37. The molecule has 320 valence electrons. The molecule has 0 spiro atoms. The number of ketones is 1. The number of hydrogen-bond donors (Lipinski definition) is 4. The number of aromatic hydroxyl groups is 1. The van der Waals surface area contributed by atoms with Crippen molar-refractivity contribution >= 4 is 97.9 Å². The third kappa shape index (κ3) is 16.2. The smallest absolute Gasteiger partial charge is 0.273 e. The Balaban J connectivity index is 0.000000267. The van der Waals surface area contributed by atoms with Crippen molar-refractivity contribution in [3.05, 3.63) is 182 Å². The van der Waals surface area contributed by atoms with E-state index in [0.717, 1.165) is 11.6 Å². The zero-order valence-corrected chi connectivity index (χ0v) is 35.7. The van der Waals surface area contributed by atoms with Crippen LogP contribution < -0.4 is 26.7 Å². The summed E-state index contributed by atoms with van der Waals surface area (Å²) in [7, 11) is 2.96. The van der Waals surface area contributed by atoms with Crippen molar-refractivity contribution in [2.75, 3.05) is 31.4 Å². The van der Waals surface area contributed by atoms with Gasteiger partial charge < -0.3 is 31.8 Å². The molecule has 0 amide bonds. The lowest BCUT2D eigenvalue weighted by molar-refractivity contribution is -0.385. The first kappa shape index (κ1) is 50.5. The standard InChI is InChI=1S/C13H11ClN2O.C7H6ClNO3.C7H8ClNO.C6H5ClN2O2.C6H4ClNO3/c1-8-6-12(15)10(7-11(8)14)13(17)9-2-4-16-5-3-9;1-12-7-4-5(9(10)11)2-3-6(7)8;1-10-7-4-5(9)2-3-6(7)8;7-5-2-1-4(9(10)11)3-6(5)8;7-5-2-1-4(8(10)11)3-6(5)9/h2-7H,15H2,1H3;2-4H,1H3;2-4H,9H2,1H3;1-3H,8H2;1-3,9H. The van der Waals surface area contributed by atoms with Crippen molar-refractivity contribution in [2.24, 2.45) is 0 Å². The molecule has 6 aromatic rings. The van der Waals surface area contributed by atoms with Gasteiger partial charge in [-0.15, -0.1) is 0 Å². The predicted octanol–water partition coefficient (Wildman–Crippen LogP) is 10.8. The van der Waals surface area contributed by atoms with Gasteiger partial charge in [0.25, 0.3) is 17.1 Å². The minimum atomic E-state index is -0.601. The average Bonchev–Trinajstić information content (AvgIpc) is 3.23. The monoisotopic (exact) mass is 935 g/mol. The number of aryl methyl sites for hydroxylation is 1. The number of carbonyl (C=O) groups is 1. The van der Waals surface area contributed by atoms with Crippen LogP contribution in [-0.2, 0) is 0 Å². The van der Waals surface area contributed by atoms with Crippen molar-refractivity contribution < 1.29 is 34.1 Å². The SMILES string of the molecule is COc1cc(N)ccc1Cl.COc1cc([N+](=O)[O-])ccc1Cl.Cc1cc(N)c(C(=O)c2ccncc2)cc1Cl.Nc1cc([N+](=O)[O-])ccc1Cl.O=[N+]([O-])c1ccc(Cl)c(O)c1. The van der Waals surface area contributed by atoms with E-state index < -0.39 is 14.8 Å². The van der Waals surface area contributed by atoms with Gasteiger partial charge in [-0.3, -0.25) is 40.1 Å². The van der Waals surface area contributed by atoms with Crippen molar-refractivity contribution in [3.63, 3.8) is 0 Å². The number of anilines is 3. The van der Waals surface area contributed by atoms with Gasteiger partial charge in [-0.05, 0) is 67.1 Å². The summed E-state index contributed by atoms with van der Waals surface area (Å²) in [6, 6.07) is 23.2. The number of nitrogens with two attached hydrogens (primary N) is 3. The Morgan fingerprint density at radius 2 is 1.05 bits per heavy atom. The molecule has 7 N–H and O–H groups in total. The number of pyridine rings is 1. The minimum absolute atomic E-state index is 0.0312. The molecule has 5 aromatic carbocycles. The second-order valence-corrected chi connectivity index (χ2v) is 13.6. The van der Waals surface area contributed by atoms with Crippen LogP contribution in [0.1, 0.15) is 21.5 Å². The Morgan fingerprint density at radius 1 is 0.590 bits per heavy atom. The number of nitro groups is 3. The predicted molar refractivity (Wildman–Crippen MR) is 238 cm³/mol. The number of nitrogens with zero attached hydrogens (tertiary/aromatic N) is 4. The molecule has 6 rings (SSSR count). The van der Waals surface area contributed by atoms with E-state index in [1.54, 1.807) is 62.0 Å². The maximum absolute atomic E-state index is 12.2. The number of phenols is 1. The zero-order valence-electron chi connectivity index (χ0n) is 31.9. The van der Waals surface area contributed by atoms with Crippen molar-refractivity contribution in [3.8, 4) is 17.2 Å². The number of hydrogen-bond acceptors (Lipinski definition) is 14. The number of benzene rings is 5. The maximum atomic E-state index is 12.2. The van der Waals surface area contributed by atoms with E-state index in [9.17, 15) is 35.1 Å². The largest absolute Gasteiger partial charge is 0.506 e. The van der Waals surface area contributed by atoms with Gasteiger partial charge in [-0.25, -0.2) is 0 Å².